The molecule has 82 valence electrons. The Bertz CT molecular complexity index is 300. The molecule has 2 N–H and O–H groups in total. The van der Waals surface area contributed by atoms with E-state index in [2.05, 4.69) is 5.29 Å². The molecule has 1 aromatic rings. The molecule has 0 aliphatic carbocycles. The summed E-state index contributed by atoms with van der Waals surface area (Å²) in [4.78, 5) is 10.0. The molecule has 0 saturated heterocycles. The van der Waals surface area contributed by atoms with E-state index in [0.29, 0.717) is 19.7 Å². The van der Waals surface area contributed by atoms with Crippen LogP contribution in [-0.2, 0) is 6.54 Å². The quantitative estimate of drug-likeness (QED) is 0.563. The summed E-state index contributed by atoms with van der Waals surface area (Å²) in [6.45, 7) is 1.43. The first kappa shape index (κ1) is 11.5. The summed E-state index contributed by atoms with van der Waals surface area (Å²) >= 11 is 0. The predicted octanol–water partition coefficient (Wildman–Crippen LogP) is 1.14. The third kappa shape index (κ3) is 3.95. The first-order valence-corrected chi connectivity index (χ1v) is 4.72. The van der Waals surface area contributed by atoms with Gasteiger partial charge in [0, 0.05) is 13.6 Å². The van der Waals surface area contributed by atoms with Crippen molar-refractivity contribution >= 4 is 0 Å². The van der Waals surface area contributed by atoms with Gasteiger partial charge in [0.1, 0.15) is 12.4 Å². The van der Waals surface area contributed by atoms with Crippen molar-refractivity contribution in [3.05, 3.63) is 34.7 Å². The summed E-state index contributed by atoms with van der Waals surface area (Å²) in [6.07, 6.45) is 0. The average molecular weight is 209 g/mol. The molecule has 0 atom stereocenters. The van der Waals surface area contributed by atoms with E-state index in [4.69, 9.17) is 10.5 Å². The Labute approximate surface area is 88.8 Å². The Kier molecular flexibility index (Phi) is 4.56. The Balaban J connectivity index is 2.34. The fraction of sp³-hybridized carbons (Fsp3) is 0.400. The van der Waals surface area contributed by atoms with Gasteiger partial charge in [0.2, 0.25) is 0 Å². The number of ether oxygens (including phenoxy) is 1. The van der Waals surface area contributed by atoms with Gasteiger partial charge in [0.05, 0.1) is 11.8 Å². The number of benzene rings is 1. The lowest BCUT2D eigenvalue weighted by atomic mass is 10.2. The van der Waals surface area contributed by atoms with Crippen molar-refractivity contribution in [3.63, 3.8) is 0 Å². The third-order valence-electron chi connectivity index (χ3n) is 1.98. The van der Waals surface area contributed by atoms with E-state index < -0.39 is 0 Å². The van der Waals surface area contributed by atoms with E-state index in [1.807, 2.05) is 24.3 Å². The summed E-state index contributed by atoms with van der Waals surface area (Å²) in [5.41, 5.74) is 6.53. The third-order valence-corrected chi connectivity index (χ3v) is 1.98. The maximum atomic E-state index is 10.0. The van der Waals surface area contributed by atoms with Gasteiger partial charge in [-0.1, -0.05) is 12.1 Å². The summed E-state index contributed by atoms with van der Waals surface area (Å²) in [7, 11) is 1.61. The number of likely N-dealkylation sites (N-methyl/N-ethyl adjacent to an activating group) is 1. The average Bonchev–Trinajstić information content (AvgIpc) is 2.29. The molecule has 0 aromatic heterocycles. The van der Waals surface area contributed by atoms with Crippen LogP contribution >= 0.6 is 0 Å². The van der Waals surface area contributed by atoms with Crippen LogP contribution in [0.3, 0.4) is 0 Å². The number of nitroso groups, excluding NO2 is 1. The van der Waals surface area contributed by atoms with Gasteiger partial charge in [-0.15, -0.1) is 4.91 Å². The molecule has 1 rings (SSSR count). The molecule has 1 aromatic carbocycles. The van der Waals surface area contributed by atoms with Gasteiger partial charge in [0.25, 0.3) is 0 Å². The minimum absolute atomic E-state index is 0.435. The second-order valence-electron chi connectivity index (χ2n) is 3.16. The maximum Gasteiger partial charge on any atom is 0.119 e. The highest BCUT2D eigenvalue weighted by atomic mass is 16.5. The molecular weight excluding hydrogens is 194 g/mol. The topological polar surface area (TPSA) is 67.9 Å². The molecule has 5 heteroatoms. The van der Waals surface area contributed by atoms with Crippen LogP contribution in [0.15, 0.2) is 29.6 Å². The van der Waals surface area contributed by atoms with Gasteiger partial charge in [-0.2, -0.15) is 0 Å². The molecule has 0 heterocycles. The van der Waals surface area contributed by atoms with Gasteiger partial charge >= 0.3 is 0 Å². The SMILES string of the molecule is CN(CCOc1ccc(CN)cc1)N=O. The van der Waals surface area contributed by atoms with E-state index in [9.17, 15) is 4.91 Å². The summed E-state index contributed by atoms with van der Waals surface area (Å²) < 4.78 is 5.40. The number of nitrogens with two attached hydrogens (primary N) is 1. The Morgan fingerprint density at radius 2 is 2.07 bits per heavy atom. The number of nitrogens with zero attached hydrogens (tertiary/aromatic N) is 2. The summed E-state index contributed by atoms with van der Waals surface area (Å²) in [5, 5.41) is 4.02. The summed E-state index contributed by atoms with van der Waals surface area (Å²) in [5.74, 6) is 0.770. The molecule has 0 aliphatic rings. The highest BCUT2D eigenvalue weighted by molar-refractivity contribution is 5.26. The zero-order chi connectivity index (χ0) is 11.1. The van der Waals surface area contributed by atoms with Crippen LogP contribution in [0.2, 0.25) is 0 Å². The van der Waals surface area contributed by atoms with Crippen LogP contribution in [0.25, 0.3) is 0 Å². The Hall–Kier alpha value is -1.62. The van der Waals surface area contributed by atoms with E-state index >= 15 is 0 Å². The maximum absolute atomic E-state index is 10.0. The zero-order valence-electron chi connectivity index (χ0n) is 8.72. The first-order valence-electron chi connectivity index (χ1n) is 4.72. The van der Waals surface area contributed by atoms with Crippen molar-refractivity contribution in [1.82, 2.24) is 5.01 Å². The Morgan fingerprint density at radius 3 is 2.60 bits per heavy atom. The van der Waals surface area contributed by atoms with Gasteiger partial charge < -0.3 is 10.5 Å². The fourth-order valence-electron chi connectivity index (χ4n) is 1.06. The number of hydrogen-bond acceptors (Lipinski definition) is 4. The fourth-order valence-corrected chi connectivity index (χ4v) is 1.06. The van der Waals surface area contributed by atoms with Crippen LogP contribution in [0.4, 0.5) is 0 Å². The molecule has 0 amide bonds. The Morgan fingerprint density at radius 1 is 1.40 bits per heavy atom. The molecule has 0 spiro atoms. The predicted molar refractivity (Wildman–Crippen MR) is 58.3 cm³/mol. The number of rotatable bonds is 6. The van der Waals surface area contributed by atoms with Crippen molar-refractivity contribution in [2.45, 2.75) is 6.54 Å². The molecule has 0 unspecified atom stereocenters. The first-order chi connectivity index (χ1) is 7.26. The lowest BCUT2D eigenvalue weighted by molar-refractivity contribution is 0.241. The van der Waals surface area contributed by atoms with Crippen LogP contribution in [0, 0.1) is 4.91 Å². The van der Waals surface area contributed by atoms with Gasteiger partial charge in [-0.05, 0) is 17.7 Å². The van der Waals surface area contributed by atoms with Crippen molar-refractivity contribution in [2.24, 2.45) is 11.0 Å². The van der Waals surface area contributed by atoms with Crippen molar-refractivity contribution in [2.75, 3.05) is 20.2 Å². The molecule has 0 bridgehead atoms. The summed E-state index contributed by atoms with van der Waals surface area (Å²) in [6, 6.07) is 7.54. The minimum Gasteiger partial charge on any atom is -0.492 e. The van der Waals surface area contributed by atoms with Crippen molar-refractivity contribution in [1.29, 1.82) is 0 Å². The van der Waals surface area contributed by atoms with Gasteiger partial charge in [-0.3, -0.25) is 5.01 Å². The van der Waals surface area contributed by atoms with E-state index in [1.165, 1.54) is 5.01 Å². The molecule has 5 nitrogen and oxygen atoms in total. The second-order valence-corrected chi connectivity index (χ2v) is 3.16. The standard InChI is InChI=1S/C10H15N3O2/c1-13(12-14)6-7-15-10-4-2-9(8-11)3-5-10/h2-5H,6-8,11H2,1H3. The minimum atomic E-state index is 0.435. The van der Waals surface area contributed by atoms with Crippen molar-refractivity contribution < 1.29 is 4.74 Å². The molecule has 0 radical (unpaired) electrons. The normalized spacial score (nSPS) is 9.73. The van der Waals surface area contributed by atoms with E-state index in [0.717, 1.165) is 11.3 Å². The smallest absolute Gasteiger partial charge is 0.119 e. The zero-order valence-corrected chi connectivity index (χ0v) is 8.72. The van der Waals surface area contributed by atoms with E-state index in [-0.39, 0.29) is 0 Å². The molecule has 15 heavy (non-hydrogen) atoms. The largest absolute Gasteiger partial charge is 0.492 e. The van der Waals surface area contributed by atoms with Crippen LogP contribution in [0.1, 0.15) is 5.56 Å². The highest BCUT2D eigenvalue weighted by Crippen LogP contribution is 2.11. The van der Waals surface area contributed by atoms with Crippen LogP contribution in [0.5, 0.6) is 5.75 Å². The molecular formula is C10H15N3O2. The number of hydrogen-bond donors (Lipinski definition) is 1. The monoisotopic (exact) mass is 209 g/mol. The molecule has 0 aliphatic heterocycles. The van der Waals surface area contributed by atoms with Gasteiger partial charge in [0.15, 0.2) is 0 Å². The molecule has 0 fully saturated rings. The lowest BCUT2D eigenvalue weighted by Gasteiger charge is -2.10. The molecule has 0 saturated carbocycles. The van der Waals surface area contributed by atoms with Crippen LogP contribution in [-0.4, -0.2) is 25.2 Å². The van der Waals surface area contributed by atoms with E-state index in [1.54, 1.807) is 7.05 Å². The highest BCUT2D eigenvalue weighted by Gasteiger charge is 1.97. The second kappa shape index (κ2) is 5.98. The van der Waals surface area contributed by atoms with Gasteiger partial charge in [-0.25, -0.2) is 0 Å². The van der Waals surface area contributed by atoms with Crippen LogP contribution < -0.4 is 10.5 Å². The van der Waals surface area contributed by atoms with Crippen molar-refractivity contribution in [3.8, 4) is 5.75 Å². The lowest BCUT2D eigenvalue weighted by Crippen LogP contribution is -2.18.